The third kappa shape index (κ3) is 4.47. The SMILES string of the molecule is CC[C@H](NC(=O)C1(N)CCN(c2ncnc(N)c2C(=O)O)CC1)c1ccc(Cl)cc1. The van der Waals surface area contributed by atoms with E-state index in [9.17, 15) is 14.7 Å². The van der Waals surface area contributed by atoms with Crippen LogP contribution in [0.4, 0.5) is 11.6 Å². The summed E-state index contributed by atoms with van der Waals surface area (Å²) in [6, 6.07) is 7.17. The fourth-order valence-corrected chi connectivity index (χ4v) is 3.72. The van der Waals surface area contributed by atoms with Gasteiger partial charge in [0.25, 0.3) is 0 Å². The van der Waals surface area contributed by atoms with Crippen molar-refractivity contribution in [3.63, 3.8) is 0 Å². The molecule has 1 aliphatic heterocycles. The highest BCUT2D eigenvalue weighted by molar-refractivity contribution is 6.30. The highest BCUT2D eigenvalue weighted by Crippen LogP contribution is 2.29. The molecule has 0 aliphatic carbocycles. The van der Waals surface area contributed by atoms with Gasteiger partial charge in [-0.3, -0.25) is 4.79 Å². The molecule has 1 aromatic heterocycles. The van der Waals surface area contributed by atoms with Gasteiger partial charge in [0.05, 0.1) is 11.6 Å². The Labute approximate surface area is 179 Å². The Bertz CT molecular complexity index is 929. The van der Waals surface area contributed by atoms with Crippen molar-refractivity contribution < 1.29 is 14.7 Å². The van der Waals surface area contributed by atoms with Gasteiger partial charge in [-0.05, 0) is 37.0 Å². The van der Waals surface area contributed by atoms with Crippen molar-refractivity contribution in [2.24, 2.45) is 5.73 Å². The Morgan fingerprint density at radius 2 is 1.90 bits per heavy atom. The number of carbonyl (C=O) groups is 2. The van der Waals surface area contributed by atoms with Crippen molar-refractivity contribution in [3.8, 4) is 0 Å². The summed E-state index contributed by atoms with van der Waals surface area (Å²) in [7, 11) is 0. The highest BCUT2D eigenvalue weighted by Gasteiger charge is 2.39. The smallest absolute Gasteiger partial charge is 0.343 e. The molecule has 0 spiro atoms. The lowest BCUT2D eigenvalue weighted by molar-refractivity contribution is -0.127. The van der Waals surface area contributed by atoms with Gasteiger partial charge in [-0.25, -0.2) is 14.8 Å². The van der Waals surface area contributed by atoms with Crippen LogP contribution in [0.15, 0.2) is 30.6 Å². The third-order valence-corrected chi connectivity index (χ3v) is 5.72. The molecule has 160 valence electrons. The summed E-state index contributed by atoms with van der Waals surface area (Å²) in [5.74, 6) is -1.28. The molecule has 6 N–H and O–H groups in total. The van der Waals surface area contributed by atoms with Crippen LogP contribution in [0.25, 0.3) is 0 Å². The van der Waals surface area contributed by atoms with Crippen LogP contribution >= 0.6 is 11.6 Å². The second-order valence-corrected chi connectivity index (χ2v) is 7.83. The van der Waals surface area contributed by atoms with Gasteiger partial charge >= 0.3 is 5.97 Å². The Kier molecular flexibility index (Phi) is 6.42. The molecular weight excluding hydrogens is 408 g/mol. The maximum Gasteiger partial charge on any atom is 0.343 e. The van der Waals surface area contributed by atoms with E-state index in [0.717, 1.165) is 5.56 Å². The molecule has 9 nitrogen and oxygen atoms in total. The Morgan fingerprint density at radius 1 is 1.27 bits per heavy atom. The molecule has 30 heavy (non-hydrogen) atoms. The van der Waals surface area contributed by atoms with E-state index in [1.165, 1.54) is 6.33 Å². The van der Waals surface area contributed by atoms with Crippen LogP contribution in [0.3, 0.4) is 0 Å². The Morgan fingerprint density at radius 3 is 2.47 bits per heavy atom. The minimum Gasteiger partial charge on any atom is -0.477 e. The van der Waals surface area contributed by atoms with Crippen LogP contribution in [0.5, 0.6) is 0 Å². The number of aromatic carboxylic acids is 1. The zero-order chi connectivity index (χ0) is 21.9. The first-order valence-electron chi connectivity index (χ1n) is 9.69. The number of nitrogens with one attached hydrogen (secondary N) is 1. The molecule has 0 unspecified atom stereocenters. The molecule has 1 aromatic carbocycles. The van der Waals surface area contributed by atoms with Crippen LogP contribution in [-0.2, 0) is 4.79 Å². The fourth-order valence-electron chi connectivity index (χ4n) is 3.60. The van der Waals surface area contributed by atoms with E-state index in [1.807, 2.05) is 19.1 Å². The van der Waals surface area contributed by atoms with Gasteiger partial charge < -0.3 is 26.8 Å². The number of anilines is 2. The molecule has 1 atom stereocenters. The molecule has 0 radical (unpaired) electrons. The van der Waals surface area contributed by atoms with Crippen LogP contribution in [0.2, 0.25) is 5.02 Å². The third-order valence-electron chi connectivity index (χ3n) is 5.46. The summed E-state index contributed by atoms with van der Waals surface area (Å²) in [5, 5.41) is 13.1. The van der Waals surface area contributed by atoms with Crippen molar-refractivity contribution in [2.45, 2.75) is 37.8 Å². The summed E-state index contributed by atoms with van der Waals surface area (Å²) in [4.78, 5) is 34.1. The lowest BCUT2D eigenvalue weighted by Gasteiger charge is -2.39. The molecule has 0 bridgehead atoms. The number of halogens is 1. The second kappa shape index (κ2) is 8.85. The fraction of sp³-hybridized carbons (Fsp3) is 0.400. The number of nitrogen functional groups attached to an aromatic ring is 1. The average molecular weight is 433 g/mol. The van der Waals surface area contributed by atoms with E-state index in [2.05, 4.69) is 15.3 Å². The van der Waals surface area contributed by atoms with Crippen molar-refractivity contribution in [1.82, 2.24) is 15.3 Å². The molecule has 2 aromatic rings. The van der Waals surface area contributed by atoms with Gasteiger partial charge in [0, 0.05) is 18.1 Å². The molecule has 1 fully saturated rings. The number of benzene rings is 1. The molecule has 0 saturated carbocycles. The van der Waals surface area contributed by atoms with E-state index in [1.54, 1.807) is 17.0 Å². The van der Waals surface area contributed by atoms with Gasteiger partial charge in [0.2, 0.25) is 5.91 Å². The van der Waals surface area contributed by atoms with Gasteiger partial charge in [-0.1, -0.05) is 30.7 Å². The van der Waals surface area contributed by atoms with Crippen LogP contribution in [0.1, 0.15) is 48.1 Å². The molecule has 1 amide bonds. The molecule has 2 heterocycles. The molecule has 1 saturated heterocycles. The number of amides is 1. The predicted octanol–water partition coefficient (Wildman–Crippen LogP) is 1.98. The second-order valence-electron chi connectivity index (χ2n) is 7.39. The summed E-state index contributed by atoms with van der Waals surface area (Å²) in [6.45, 7) is 2.73. The van der Waals surface area contributed by atoms with Crippen molar-refractivity contribution >= 4 is 35.1 Å². The highest BCUT2D eigenvalue weighted by atomic mass is 35.5. The normalized spacial score (nSPS) is 16.7. The lowest BCUT2D eigenvalue weighted by Crippen LogP contribution is -2.60. The number of piperidine rings is 1. The number of aromatic nitrogens is 2. The molecular formula is C20H25ClN6O3. The summed E-state index contributed by atoms with van der Waals surface area (Å²) >= 11 is 5.95. The number of carbonyl (C=O) groups excluding carboxylic acids is 1. The maximum atomic E-state index is 13.0. The van der Waals surface area contributed by atoms with E-state index in [0.29, 0.717) is 37.4 Å². The lowest BCUT2D eigenvalue weighted by atomic mass is 9.87. The monoisotopic (exact) mass is 432 g/mol. The quantitative estimate of drug-likeness (QED) is 0.541. The number of nitrogens with two attached hydrogens (primary N) is 2. The van der Waals surface area contributed by atoms with Gasteiger partial charge in [0.15, 0.2) is 0 Å². The first kappa shape index (κ1) is 21.8. The van der Waals surface area contributed by atoms with Gasteiger partial charge in [-0.2, -0.15) is 0 Å². The number of hydrogen-bond donors (Lipinski definition) is 4. The Hall–Kier alpha value is -2.91. The predicted molar refractivity (Wildman–Crippen MR) is 114 cm³/mol. The van der Waals surface area contributed by atoms with E-state index in [4.69, 9.17) is 23.1 Å². The van der Waals surface area contributed by atoms with Crippen LogP contribution in [-0.4, -0.2) is 45.6 Å². The summed E-state index contributed by atoms with van der Waals surface area (Å²) < 4.78 is 0. The summed E-state index contributed by atoms with van der Waals surface area (Å²) in [5.41, 5.74) is 11.9. The zero-order valence-electron chi connectivity index (χ0n) is 16.6. The number of carboxylic acids is 1. The van der Waals surface area contributed by atoms with Gasteiger partial charge in [-0.15, -0.1) is 0 Å². The first-order valence-corrected chi connectivity index (χ1v) is 10.1. The van der Waals surface area contributed by atoms with Crippen LogP contribution in [0, 0.1) is 0 Å². The van der Waals surface area contributed by atoms with Crippen molar-refractivity contribution in [3.05, 3.63) is 46.7 Å². The largest absolute Gasteiger partial charge is 0.477 e. The van der Waals surface area contributed by atoms with E-state index in [-0.39, 0.29) is 29.1 Å². The van der Waals surface area contributed by atoms with Crippen molar-refractivity contribution in [2.75, 3.05) is 23.7 Å². The standard InChI is InChI=1S/C20H25ClN6O3/c1-2-14(12-3-5-13(21)6-4-12)26-19(30)20(23)7-9-27(10-8-20)17-15(18(28)29)16(22)24-11-25-17/h3-6,11,14H,2,7-10,23H2,1H3,(H,26,30)(H,28,29)(H2,22,24,25)/t14-/m0/s1. The topological polar surface area (TPSA) is 147 Å². The van der Waals surface area contributed by atoms with E-state index >= 15 is 0 Å². The van der Waals surface area contributed by atoms with Crippen molar-refractivity contribution in [1.29, 1.82) is 0 Å². The molecule has 10 heteroatoms. The Balaban J connectivity index is 1.70. The maximum absolute atomic E-state index is 13.0. The summed E-state index contributed by atoms with van der Waals surface area (Å²) in [6.07, 6.45) is 2.63. The van der Waals surface area contributed by atoms with E-state index < -0.39 is 11.5 Å². The minimum absolute atomic E-state index is 0.0939. The first-order chi connectivity index (χ1) is 14.2. The number of nitrogens with zero attached hydrogens (tertiary/aromatic N) is 3. The number of carboxylic acid groups (broad SMARTS) is 1. The molecule has 1 aliphatic rings. The average Bonchev–Trinajstić information content (AvgIpc) is 2.72. The minimum atomic E-state index is -1.20. The zero-order valence-corrected chi connectivity index (χ0v) is 17.4. The number of hydrogen-bond acceptors (Lipinski definition) is 7. The van der Waals surface area contributed by atoms with Crippen LogP contribution < -0.4 is 21.7 Å². The number of rotatable bonds is 6. The van der Waals surface area contributed by atoms with Gasteiger partial charge in [0.1, 0.15) is 23.5 Å². The molecule has 3 rings (SSSR count).